The fraction of sp³-hybridized carbons (Fsp3) is 0.364. The van der Waals surface area contributed by atoms with Crippen LogP contribution in [0.2, 0.25) is 0 Å². The Morgan fingerprint density at radius 1 is 1.44 bits per heavy atom. The molecule has 1 fully saturated rings. The molecule has 0 radical (unpaired) electrons. The number of benzene rings is 1. The molecular weight excluding hydrogens is 256 g/mol. The highest BCUT2D eigenvalue weighted by atomic mass is 32.2. The van der Waals surface area contributed by atoms with Crippen molar-refractivity contribution in [2.24, 2.45) is 5.14 Å². The molecule has 1 aromatic rings. The summed E-state index contributed by atoms with van der Waals surface area (Å²) in [6, 6.07) is 4.85. The fourth-order valence-corrected chi connectivity index (χ4v) is 2.72. The van der Waals surface area contributed by atoms with E-state index in [2.05, 4.69) is 0 Å². The highest BCUT2D eigenvalue weighted by molar-refractivity contribution is 7.89. The highest BCUT2D eigenvalue weighted by Crippen LogP contribution is 2.32. The maximum Gasteiger partial charge on any atom is 0.228 e. The predicted molar refractivity (Wildman–Crippen MR) is 66.7 cm³/mol. The zero-order valence-corrected chi connectivity index (χ0v) is 10.6. The van der Waals surface area contributed by atoms with Gasteiger partial charge in [-0.15, -0.1) is 0 Å². The monoisotopic (exact) mass is 270 g/mol. The molecule has 0 spiro atoms. The number of rotatable bonds is 2. The zero-order valence-electron chi connectivity index (χ0n) is 9.83. The molecule has 3 N–H and O–H groups in total. The minimum atomic E-state index is -3.74. The van der Waals surface area contributed by atoms with Gasteiger partial charge in [-0.2, -0.15) is 0 Å². The number of nitrogens with two attached hydrogens (primary N) is 1. The molecule has 1 amide bonds. The summed E-state index contributed by atoms with van der Waals surface area (Å²) in [4.78, 5) is 13.0. The first kappa shape index (κ1) is 12.8. The van der Waals surface area contributed by atoms with Crippen LogP contribution in [-0.2, 0) is 14.8 Å². The molecular formula is C11H14N2O4S. The van der Waals surface area contributed by atoms with Gasteiger partial charge in [-0.1, -0.05) is 6.07 Å². The second-order valence-electron chi connectivity index (χ2n) is 4.41. The second kappa shape index (κ2) is 4.25. The van der Waals surface area contributed by atoms with Crippen molar-refractivity contribution in [2.75, 3.05) is 11.4 Å². The van der Waals surface area contributed by atoms with E-state index in [1.165, 1.54) is 11.0 Å². The first-order valence-electron chi connectivity index (χ1n) is 5.40. The van der Waals surface area contributed by atoms with Crippen molar-refractivity contribution < 1.29 is 18.3 Å². The predicted octanol–water partition coefficient (Wildman–Crippen LogP) is 0.0944. The van der Waals surface area contributed by atoms with Gasteiger partial charge in [0.1, 0.15) is 11.0 Å². The van der Waals surface area contributed by atoms with Crippen molar-refractivity contribution >= 4 is 21.6 Å². The SMILES string of the molecule is Cc1ccc(N2CC(S(N)(=O)=O)CC2=O)c(O)c1. The first-order valence-corrected chi connectivity index (χ1v) is 7.01. The number of aryl methyl sites for hydroxylation is 1. The number of phenolic OH excluding ortho intramolecular Hbond substituents is 1. The van der Waals surface area contributed by atoms with Crippen LogP contribution in [0.3, 0.4) is 0 Å². The Hall–Kier alpha value is -1.60. The third-order valence-corrected chi connectivity index (χ3v) is 4.22. The standard InChI is InChI=1S/C11H14N2O4S/c1-7-2-3-9(10(14)4-7)13-6-8(5-11(13)15)18(12,16)17/h2-4,8,14H,5-6H2,1H3,(H2,12,16,17). The smallest absolute Gasteiger partial charge is 0.228 e. The van der Waals surface area contributed by atoms with Crippen LogP contribution in [0.25, 0.3) is 0 Å². The van der Waals surface area contributed by atoms with E-state index in [1.807, 2.05) is 6.92 Å². The number of amides is 1. The van der Waals surface area contributed by atoms with E-state index in [-0.39, 0.29) is 24.6 Å². The fourth-order valence-electron chi connectivity index (χ4n) is 1.99. The van der Waals surface area contributed by atoms with Crippen molar-refractivity contribution in [3.05, 3.63) is 23.8 Å². The summed E-state index contributed by atoms with van der Waals surface area (Å²) < 4.78 is 22.5. The van der Waals surface area contributed by atoms with Gasteiger partial charge >= 0.3 is 0 Å². The lowest BCUT2D eigenvalue weighted by Gasteiger charge is -2.17. The van der Waals surface area contributed by atoms with Gasteiger partial charge in [-0.3, -0.25) is 4.79 Å². The van der Waals surface area contributed by atoms with Crippen LogP contribution in [0.1, 0.15) is 12.0 Å². The van der Waals surface area contributed by atoms with Crippen LogP contribution in [0.15, 0.2) is 18.2 Å². The molecule has 1 heterocycles. The number of phenols is 1. The maximum absolute atomic E-state index is 11.8. The van der Waals surface area contributed by atoms with E-state index >= 15 is 0 Å². The summed E-state index contributed by atoms with van der Waals surface area (Å²) in [5.41, 5.74) is 1.17. The van der Waals surface area contributed by atoms with Gasteiger partial charge in [0.25, 0.3) is 0 Å². The third-order valence-electron chi connectivity index (χ3n) is 2.98. The molecule has 1 aliphatic rings. The third kappa shape index (κ3) is 2.32. The Kier molecular flexibility index (Phi) is 3.04. The number of nitrogens with zero attached hydrogens (tertiary/aromatic N) is 1. The van der Waals surface area contributed by atoms with Crippen LogP contribution in [0.5, 0.6) is 5.75 Å². The number of aromatic hydroxyl groups is 1. The van der Waals surface area contributed by atoms with Crippen LogP contribution in [0.4, 0.5) is 5.69 Å². The lowest BCUT2D eigenvalue weighted by molar-refractivity contribution is -0.117. The van der Waals surface area contributed by atoms with Gasteiger partial charge in [0, 0.05) is 13.0 Å². The molecule has 2 rings (SSSR count). The zero-order chi connectivity index (χ0) is 13.5. The van der Waals surface area contributed by atoms with Crippen molar-refractivity contribution in [3.8, 4) is 5.75 Å². The van der Waals surface area contributed by atoms with Gasteiger partial charge in [0.2, 0.25) is 15.9 Å². The summed E-state index contributed by atoms with van der Waals surface area (Å²) in [6.07, 6.45) is -0.147. The van der Waals surface area contributed by atoms with Crippen molar-refractivity contribution in [3.63, 3.8) is 0 Å². The molecule has 0 aromatic heterocycles. The summed E-state index contributed by atoms with van der Waals surface area (Å²) in [6.45, 7) is 1.79. The molecule has 6 nitrogen and oxygen atoms in total. The molecule has 18 heavy (non-hydrogen) atoms. The van der Waals surface area contributed by atoms with Crippen LogP contribution in [-0.4, -0.2) is 31.2 Å². The normalized spacial score (nSPS) is 20.4. The van der Waals surface area contributed by atoms with E-state index in [1.54, 1.807) is 12.1 Å². The molecule has 0 aliphatic carbocycles. The second-order valence-corrected chi connectivity index (χ2v) is 6.26. The van der Waals surface area contributed by atoms with Gasteiger partial charge < -0.3 is 10.0 Å². The Morgan fingerprint density at radius 2 is 2.11 bits per heavy atom. The minimum Gasteiger partial charge on any atom is -0.506 e. The van der Waals surface area contributed by atoms with Gasteiger partial charge in [0.05, 0.1) is 5.69 Å². The van der Waals surface area contributed by atoms with E-state index in [4.69, 9.17) is 5.14 Å². The number of primary sulfonamides is 1. The molecule has 1 aliphatic heterocycles. The number of hydrogen-bond acceptors (Lipinski definition) is 4. The summed E-state index contributed by atoms with van der Waals surface area (Å²) in [5.74, 6) is -0.397. The molecule has 1 saturated heterocycles. The Morgan fingerprint density at radius 3 is 2.61 bits per heavy atom. The number of carbonyl (C=O) groups excluding carboxylic acids is 1. The van der Waals surface area contributed by atoms with Crippen molar-refractivity contribution in [1.82, 2.24) is 0 Å². The van der Waals surface area contributed by atoms with Crippen molar-refractivity contribution in [1.29, 1.82) is 0 Å². The molecule has 7 heteroatoms. The van der Waals surface area contributed by atoms with Crippen molar-refractivity contribution in [2.45, 2.75) is 18.6 Å². The van der Waals surface area contributed by atoms with Gasteiger partial charge in [0.15, 0.2) is 0 Å². The Bertz CT molecular complexity index is 597. The Labute approximate surface area is 105 Å². The van der Waals surface area contributed by atoms with Gasteiger partial charge in [-0.05, 0) is 24.6 Å². The van der Waals surface area contributed by atoms with E-state index < -0.39 is 15.3 Å². The highest BCUT2D eigenvalue weighted by Gasteiger charge is 2.37. The van der Waals surface area contributed by atoms with Crippen LogP contribution >= 0.6 is 0 Å². The number of carbonyl (C=O) groups is 1. The molecule has 1 atom stereocenters. The van der Waals surface area contributed by atoms with Crippen LogP contribution in [0, 0.1) is 6.92 Å². The quantitative estimate of drug-likeness (QED) is 0.795. The lowest BCUT2D eigenvalue weighted by atomic mass is 10.2. The average Bonchev–Trinajstić information content (AvgIpc) is 2.60. The molecule has 1 aromatic carbocycles. The molecule has 0 saturated carbocycles. The largest absolute Gasteiger partial charge is 0.506 e. The van der Waals surface area contributed by atoms with E-state index in [0.29, 0.717) is 5.69 Å². The first-order chi connectivity index (χ1) is 8.29. The lowest BCUT2D eigenvalue weighted by Crippen LogP contribution is -2.32. The average molecular weight is 270 g/mol. The van der Waals surface area contributed by atoms with Crippen LogP contribution < -0.4 is 10.0 Å². The molecule has 1 unspecified atom stereocenters. The van der Waals surface area contributed by atoms with Gasteiger partial charge in [-0.25, -0.2) is 13.6 Å². The molecule has 0 bridgehead atoms. The summed E-state index contributed by atoms with van der Waals surface area (Å²) in [5, 5.41) is 13.9. The number of anilines is 1. The molecule has 98 valence electrons. The minimum absolute atomic E-state index is 0.0196. The maximum atomic E-state index is 11.8. The Balaban J connectivity index is 2.33. The topological polar surface area (TPSA) is 101 Å². The summed E-state index contributed by atoms with van der Waals surface area (Å²) in [7, 11) is -3.74. The number of sulfonamides is 1. The summed E-state index contributed by atoms with van der Waals surface area (Å²) >= 11 is 0. The van der Waals surface area contributed by atoms with E-state index in [9.17, 15) is 18.3 Å². The van der Waals surface area contributed by atoms with E-state index in [0.717, 1.165) is 5.56 Å². The number of hydrogen-bond donors (Lipinski definition) is 2.